The van der Waals surface area contributed by atoms with Crippen LogP contribution >= 0.6 is 15.9 Å². The van der Waals surface area contributed by atoms with Gasteiger partial charge in [0, 0.05) is 18.3 Å². The second-order valence-electron chi connectivity index (χ2n) is 8.22. The Kier molecular flexibility index (Phi) is 6.70. The number of nitro benzene ring substituents is 1. The summed E-state index contributed by atoms with van der Waals surface area (Å²) < 4.78 is 10.1. The number of hydrogen-bond donors (Lipinski definition) is 1. The fourth-order valence-corrected chi connectivity index (χ4v) is 3.94. The molecule has 0 bridgehead atoms. The fraction of sp³-hybridized carbons (Fsp3) is 0.208. The number of anilines is 1. The monoisotopic (exact) mass is 538 g/mol. The van der Waals surface area contributed by atoms with Crippen LogP contribution in [0.4, 0.5) is 11.4 Å². The van der Waals surface area contributed by atoms with E-state index >= 15 is 0 Å². The number of nitrogens with one attached hydrogen (secondary N) is 1. The maximum Gasteiger partial charge on any atom is 0.276 e. The molecule has 0 aliphatic rings. The number of amides is 1. The standard InChI is InChI=1S/C24H23BrN6O4/c1-14-7-15(2)9-20(8-14)35-21-11-18(10-19(12-21)31(33)34)26-24(32)22-5-6-29(28-22)13-30-17(4)23(25)16(3)27-30/h5-12H,13H2,1-4H3,(H,26,32). The van der Waals surface area contributed by atoms with E-state index in [0.29, 0.717) is 12.4 Å². The van der Waals surface area contributed by atoms with Gasteiger partial charge in [0.15, 0.2) is 5.69 Å². The summed E-state index contributed by atoms with van der Waals surface area (Å²) in [6, 6.07) is 11.4. The fourth-order valence-electron chi connectivity index (χ4n) is 3.65. The maximum atomic E-state index is 12.8. The van der Waals surface area contributed by atoms with Gasteiger partial charge in [-0.3, -0.25) is 19.6 Å². The first-order valence-electron chi connectivity index (χ1n) is 10.7. The van der Waals surface area contributed by atoms with Crippen molar-refractivity contribution in [2.75, 3.05) is 5.32 Å². The smallest absolute Gasteiger partial charge is 0.276 e. The molecule has 0 spiro atoms. The number of hydrogen-bond acceptors (Lipinski definition) is 6. The van der Waals surface area contributed by atoms with Crippen molar-refractivity contribution in [3.05, 3.63) is 91.5 Å². The number of nitro groups is 1. The highest BCUT2D eigenvalue weighted by molar-refractivity contribution is 9.10. The zero-order valence-corrected chi connectivity index (χ0v) is 21.2. The molecule has 0 radical (unpaired) electrons. The summed E-state index contributed by atoms with van der Waals surface area (Å²) in [7, 11) is 0. The summed E-state index contributed by atoms with van der Waals surface area (Å²) in [6.45, 7) is 8.03. The zero-order chi connectivity index (χ0) is 25.3. The van der Waals surface area contributed by atoms with Crippen LogP contribution in [-0.2, 0) is 6.67 Å². The van der Waals surface area contributed by atoms with Gasteiger partial charge in [0.05, 0.1) is 32.5 Å². The quantitative estimate of drug-likeness (QED) is 0.244. The molecule has 1 N–H and O–H groups in total. The van der Waals surface area contributed by atoms with Crippen LogP contribution in [0.15, 0.2) is 53.1 Å². The molecule has 0 saturated heterocycles. The van der Waals surface area contributed by atoms with E-state index in [0.717, 1.165) is 27.0 Å². The molecule has 11 heteroatoms. The number of rotatable bonds is 7. The van der Waals surface area contributed by atoms with Gasteiger partial charge in [-0.1, -0.05) is 6.07 Å². The van der Waals surface area contributed by atoms with Crippen molar-refractivity contribution in [2.45, 2.75) is 34.4 Å². The summed E-state index contributed by atoms with van der Waals surface area (Å²) in [6.07, 6.45) is 1.67. The highest BCUT2D eigenvalue weighted by atomic mass is 79.9. The van der Waals surface area contributed by atoms with Gasteiger partial charge in [0.25, 0.3) is 11.6 Å². The molecule has 180 valence electrons. The molecule has 1 amide bonds. The van der Waals surface area contributed by atoms with Gasteiger partial charge in [0.2, 0.25) is 0 Å². The average Bonchev–Trinajstić information content (AvgIpc) is 3.33. The lowest BCUT2D eigenvalue weighted by molar-refractivity contribution is -0.384. The minimum Gasteiger partial charge on any atom is -0.457 e. The van der Waals surface area contributed by atoms with Gasteiger partial charge in [-0.25, -0.2) is 4.68 Å². The molecule has 2 aromatic heterocycles. The summed E-state index contributed by atoms with van der Waals surface area (Å²) in [4.78, 5) is 23.7. The van der Waals surface area contributed by atoms with Crippen molar-refractivity contribution in [1.82, 2.24) is 19.6 Å². The van der Waals surface area contributed by atoms with E-state index in [2.05, 4.69) is 31.4 Å². The molecule has 10 nitrogen and oxygen atoms in total. The maximum absolute atomic E-state index is 12.8. The molecular weight excluding hydrogens is 516 g/mol. The average molecular weight is 539 g/mol. The molecule has 35 heavy (non-hydrogen) atoms. The first kappa shape index (κ1) is 24.1. The molecule has 0 atom stereocenters. The molecule has 0 unspecified atom stereocenters. The summed E-state index contributed by atoms with van der Waals surface area (Å²) in [5.74, 6) is 0.283. The molecule has 4 aromatic rings. The van der Waals surface area contributed by atoms with E-state index in [1.54, 1.807) is 21.6 Å². The molecule has 0 aliphatic heterocycles. The number of non-ortho nitro benzene ring substituents is 1. The summed E-state index contributed by atoms with van der Waals surface area (Å²) >= 11 is 3.49. The van der Waals surface area contributed by atoms with Crippen LogP contribution in [0.1, 0.15) is 33.0 Å². The number of aromatic nitrogens is 4. The van der Waals surface area contributed by atoms with E-state index in [1.165, 1.54) is 18.2 Å². The molecule has 0 saturated carbocycles. The molecule has 4 rings (SSSR count). The van der Waals surface area contributed by atoms with Crippen molar-refractivity contribution in [3.8, 4) is 11.5 Å². The van der Waals surface area contributed by atoms with Crippen molar-refractivity contribution in [2.24, 2.45) is 0 Å². The van der Waals surface area contributed by atoms with Gasteiger partial charge >= 0.3 is 0 Å². The number of ether oxygens (including phenoxy) is 1. The van der Waals surface area contributed by atoms with Gasteiger partial charge in [-0.15, -0.1) is 0 Å². The topological polar surface area (TPSA) is 117 Å². The third kappa shape index (κ3) is 5.57. The number of nitrogens with zero attached hydrogens (tertiary/aromatic N) is 5. The Balaban J connectivity index is 1.53. The lowest BCUT2D eigenvalue weighted by Gasteiger charge is -2.10. The zero-order valence-electron chi connectivity index (χ0n) is 19.6. The van der Waals surface area contributed by atoms with Crippen molar-refractivity contribution < 1.29 is 14.5 Å². The van der Waals surface area contributed by atoms with Crippen LogP contribution in [0, 0.1) is 37.8 Å². The normalized spacial score (nSPS) is 10.9. The molecular formula is C24H23BrN6O4. The van der Waals surface area contributed by atoms with E-state index in [4.69, 9.17) is 4.74 Å². The Bertz CT molecular complexity index is 1420. The van der Waals surface area contributed by atoms with Crippen LogP contribution < -0.4 is 10.1 Å². The molecule has 0 fully saturated rings. The molecule has 2 aromatic carbocycles. The third-order valence-corrected chi connectivity index (χ3v) is 6.38. The number of carbonyl (C=O) groups excluding carboxylic acids is 1. The van der Waals surface area contributed by atoms with Gasteiger partial charge in [-0.05, 0) is 73.0 Å². The first-order chi connectivity index (χ1) is 16.6. The third-order valence-electron chi connectivity index (χ3n) is 5.24. The Labute approximate surface area is 209 Å². The summed E-state index contributed by atoms with van der Waals surface area (Å²) in [5.41, 5.74) is 3.98. The minimum atomic E-state index is -0.536. The highest BCUT2D eigenvalue weighted by Gasteiger charge is 2.16. The van der Waals surface area contributed by atoms with Gasteiger partial charge < -0.3 is 10.1 Å². The van der Waals surface area contributed by atoms with Crippen LogP contribution in [0.2, 0.25) is 0 Å². The second kappa shape index (κ2) is 9.71. The first-order valence-corrected chi connectivity index (χ1v) is 11.5. The van der Waals surface area contributed by atoms with E-state index in [-0.39, 0.29) is 22.8 Å². The molecule has 2 heterocycles. The number of carbonyl (C=O) groups is 1. The Hall–Kier alpha value is -3.99. The SMILES string of the molecule is Cc1cc(C)cc(Oc2cc(NC(=O)c3ccn(Cn4nc(C)c(Br)c4C)n3)cc([N+](=O)[O-])c2)c1. The van der Waals surface area contributed by atoms with Crippen molar-refractivity contribution in [1.29, 1.82) is 0 Å². The molecule has 0 aliphatic carbocycles. The van der Waals surface area contributed by atoms with Crippen LogP contribution in [0.25, 0.3) is 0 Å². The largest absolute Gasteiger partial charge is 0.457 e. The van der Waals surface area contributed by atoms with Crippen LogP contribution in [-0.4, -0.2) is 30.4 Å². The van der Waals surface area contributed by atoms with Crippen molar-refractivity contribution >= 4 is 33.2 Å². The number of halogens is 1. The minimum absolute atomic E-state index is 0.161. The second-order valence-corrected chi connectivity index (χ2v) is 9.01. The Morgan fingerprint density at radius 1 is 1.06 bits per heavy atom. The van der Waals surface area contributed by atoms with Gasteiger partial charge in [0.1, 0.15) is 18.2 Å². The number of benzene rings is 2. The lowest BCUT2D eigenvalue weighted by atomic mass is 10.1. The Morgan fingerprint density at radius 2 is 1.74 bits per heavy atom. The van der Waals surface area contributed by atoms with Crippen LogP contribution in [0.3, 0.4) is 0 Å². The van der Waals surface area contributed by atoms with Crippen molar-refractivity contribution in [3.63, 3.8) is 0 Å². The lowest BCUT2D eigenvalue weighted by Crippen LogP contribution is -2.16. The Morgan fingerprint density at radius 3 is 2.37 bits per heavy atom. The van der Waals surface area contributed by atoms with E-state index in [9.17, 15) is 14.9 Å². The predicted octanol–water partition coefficient (Wildman–Crippen LogP) is 5.53. The van der Waals surface area contributed by atoms with E-state index < -0.39 is 10.8 Å². The van der Waals surface area contributed by atoms with Crippen LogP contribution in [0.5, 0.6) is 11.5 Å². The van der Waals surface area contributed by atoms with Gasteiger partial charge in [-0.2, -0.15) is 10.2 Å². The van der Waals surface area contributed by atoms with E-state index in [1.807, 2.05) is 45.9 Å². The summed E-state index contributed by atoms with van der Waals surface area (Å²) in [5, 5.41) is 22.9. The highest BCUT2D eigenvalue weighted by Crippen LogP contribution is 2.31. The number of aryl methyl sites for hydroxylation is 3. The predicted molar refractivity (Wildman–Crippen MR) is 134 cm³/mol.